The van der Waals surface area contributed by atoms with Gasteiger partial charge in [-0.25, -0.2) is 0 Å². The highest BCUT2D eigenvalue weighted by atomic mass is 16.5. The molecule has 0 radical (unpaired) electrons. The molecule has 4 saturated heterocycles. The van der Waals surface area contributed by atoms with Gasteiger partial charge in [-0.3, -0.25) is 14.5 Å². The summed E-state index contributed by atoms with van der Waals surface area (Å²) in [5.41, 5.74) is 1.18. The van der Waals surface area contributed by atoms with E-state index in [0.717, 1.165) is 71.5 Å². The molecule has 2 aliphatic carbocycles. The molecule has 8 heteroatoms. The van der Waals surface area contributed by atoms with Crippen molar-refractivity contribution in [3.8, 4) is 0 Å². The van der Waals surface area contributed by atoms with E-state index in [1.165, 1.54) is 24.8 Å². The first-order valence-corrected chi connectivity index (χ1v) is 15.4. The highest BCUT2D eigenvalue weighted by Gasteiger charge is 2.63. The lowest BCUT2D eigenvalue weighted by Gasteiger charge is -2.52. The van der Waals surface area contributed by atoms with Gasteiger partial charge in [0, 0.05) is 44.2 Å². The maximum atomic E-state index is 14.0. The summed E-state index contributed by atoms with van der Waals surface area (Å²) in [5, 5.41) is 6.95. The van der Waals surface area contributed by atoms with Crippen LogP contribution in [0, 0.1) is 29.6 Å². The summed E-state index contributed by atoms with van der Waals surface area (Å²) < 4.78 is 11.8. The van der Waals surface area contributed by atoms with E-state index in [1.54, 1.807) is 0 Å². The van der Waals surface area contributed by atoms with Crippen molar-refractivity contribution in [3.05, 3.63) is 12.2 Å². The standard InChI is InChI=1S/C30H48N4O4/c1-19(2)17-23-25(38-18-26(35)31-11-12-33-13-15-37-16-14-33)8-7-24-27(23)22-9-10-32-28-20-5-3-4-6-21(20)30(36)34(24)29(22)28/h20-25,27-29,32H,1,3-18H2,2H3,(H,31,35). The largest absolute Gasteiger partial charge is 0.379 e. The second-order valence-electron chi connectivity index (χ2n) is 12.9. The van der Waals surface area contributed by atoms with Gasteiger partial charge in [0.1, 0.15) is 6.61 Å². The van der Waals surface area contributed by atoms with Crippen molar-refractivity contribution >= 4 is 11.8 Å². The van der Waals surface area contributed by atoms with Crippen LogP contribution in [0.1, 0.15) is 58.3 Å². The lowest BCUT2D eigenvalue weighted by molar-refractivity contribution is -0.152. The third-order valence-electron chi connectivity index (χ3n) is 10.7. The summed E-state index contributed by atoms with van der Waals surface area (Å²) in [4.78, 5) is 31.4. The van der Waals surface area contributed by atoms with Gasteiger partial charge in [0.2, 0.25) is 11.8 Å². The van der Waals surface area contributed by atoms with Crippen molar-refractivity contribution in [1.82, 2.24) is 20.4 Å². The molecule has 0 aromatic rings. The first-order chi connectivity index (χ1) is 18.5. The van der Waals surface area contributed by atoms with Crippen molar-refractivity contribution in [2.24, 2.45) is 29.6 Å². The minimum atomic E-state index is -0.0283. The first-order valence-electron chi connectivity index (χ1n) is 15.4. The molecule has 2 saturated carbocycles. The van der Waals surface area contributed by atoms with Crippen LogP contribution in [0.15, 0.2) is 12.2 Å². The zero-order valence-corrected chi connectivity index (χ0v) is 23.2. The van der Waals surface area contributed by atoms with Crippen molar-refractivity contribution in [1.29, 1.82) is 0 Å². The molecule has 4 heterocycles. The van der Waals surface area contributed by atoms with Gasteiger partial charge in [0.15, 0.2) is 0 Å². The Balaban J connectivity index is 1.13. The van der Waals surface area contributed by atoms with Crippen molar-refractivity contribution in [2.75, 3.05) is 52.5 Å². The van der Waals surface area contributed by atoms with Gasteiger partial charge in [0.05, 0.1) is 25.4 Å². The molecule has 6 fully saturated rings. The predicted octanol–water partition coefficient (Wildman–Crippen LogP) is 2.19. The summed E-state index contributed by atoms with van der Waals surface area (Å²) >= 11 is 0. The summed E-state index contributed by atoms with van der Waals surface area (Å²) in [5.74, 6) is 2.42. The number of rotatable bonds is 8. The molecule has 2 N–H and O–H groups in total. The molecule has 38 heavy (non-hydrogen) atoms. The number of morpholine rings is 1. The van der Waals surface area contributed by atoms with E-state index in [2.05, 4.69) is 33.9 Å². The van der Waals surface area contributed by atoms with Crippen molar-refractivity contribution in [2.45, 2.75) is 82.5 Å². The molecule has 0 aromatic heterocycles. The number of nitrogens with zero attached hydrogens (tertiary/aromatic N) is 2. The van der Waals surface area contributed by atoms with Crippen molar-refractivity contribution in [3.63, 3.8) is 0 Å². The van der Waals surface area contributed by atoms with Crippen LogP contribution in [0.2, 0.25) is 0 Å². The normalized spacial score (nSPS) is 40.7. The second kappa shape index (κ2) is 11.6. The molecular weight excluding hydrogens is 480 g/mol. The summed E-state index contributed by atoms with van der Waals surface area (Å²) in [6.45, 7) is 12.5. The third-order valence-corrected chi connectivity index (χ3v) is 10.7. The smallest absolute Gasteiger partial charge is 0.246 e. The molecule has 212 valence electrons. The number of allylic oxidation sites excluding steroid dienone is 1. The molecule has 0 bridgehead atoms. The molecule has 9 atom stereocenters. The third kappa shape index (κ3) is 5.06. The Morgan fingerprint density at radius 2 is 1.95 bits per heavy atom. The number of nitrogens with one attached hydrogen (secondary N) is 2. The van der Waals surface area contributed by atoms with E-state index in [9.17, 15) is 9.59 Å². The van der Waals surface area contributed by atoms with Gasteiger partial charge in [-0.05, 0) is 75.7 Å². The Kier molecular flexibility index (Phi) is 8.13. The minimum Gasteiger partial charge on any atom is -0.379 e. The summed E-state index contributed by atoms with van der Waals surface area (Å²) in [6, 6.07) is 1.10. The number of amides is 2. The zero-order chi connectivity index (χ0) is 26.2. The van der Waals surface area contributed by atoms with E-state index in [4.69, 9.17) is 9.47 Å². The highest BCUT2D eigenvalue weighted by Crippen LogP contribution is 2.56. The second-order valence-corrected chi connectivity index (χ2v) is 12.9. The van der Waals surface area contributed by atoms with Crippen LogP contribution in [-0.2, 0) is 19.1 Å². The molecule has 0 spiro atoms. The Hall–Kier alpha value is -1.48. The van der Waals surface area contributed by atoms with Crippen LogP contribution < -0.4 is 10.6 Å². The Bertz CT molecular complexity index is 891. The predicted molar refractivity (Wildman–Crippen MR) is 145 cm³/mol. The quantitative estimate of drug-likeness (QED) is 0.470. The highest BCUT2D eigenvalue weighted by molar-refractivity contribution is 5.82. The first kappa shape index (κ1) is 26.7. The van der Waals surface area contributed by atoms with E-state index in [0.29, 0.717) is 54.2 Å². The Morgan fingerprint density at radius 1 is 1.13 bits per heavy atom. The van der Waals surface area contributed by atoms with Crippen LogP contribution in [-0.4, -0.2) is 98.4 Å². The van der Waals surface area contributed by atoms with Gasteiger partial charge < -0.3 is 25.0 Å². The van der Waals surface area contributed by atoms with E-state index < -0.39 is 0 Å². The number of ether oxygens (including phenoxy) is 2. The van der Waals surface area contributed by atoms with Gasteiger partial charge in [-0.2, -0.15) is 0 Å². The van der Waals surface area contributed by atoms with Crippen LogP contribution in [0.4, 0.5) is 0 Å². The molecule has 0 aromatic carbocycles. The molecule has 8 nitrogen and oxygen atoms in total. The molecule has 9 unspecified atom stereocenters. The monoisotopic (exact) mass is 528 g/mol. The fraction of sp³-hybridized carbons (Fsp3) is 0.867. The fourth-order valence-corrected chi connectivity index (χ4v) is 9.29. The van der Waals surface area contributed by atoms with E-state index in [1.807, 2.05) is 0 Å². The van der Waals surface area contributed by atoms with Crippen LogP contribution in [0.5, 0.6) is 0 Å². The van der Waals surface area contributed by atoms with Crippen LogP contribution >= 0.6 is 0 Å². The average Bonchev–Trinajstić information content (AvgIpc) is 3.27. The van der Waals surface area contributed by atoms with Crippen LogP contribution in [0.3, 0.4) is 0 Å². The Labute approximate surface area is 228 Å². The summed E-state index contributed by atoms with van der Waals surface area (Å²) in [6.07, 6.45) is 8.71. The summed E-state index contributed by atoms with van der Waals surface area (Å²) in [7, 11) is 0. The van der Waals surface area contributed by atoms with E-state index in [-0.39, 0.29) is 24.5 Å². The minimum absolute atomic E-state index is 0.0283. The number of fused-ring (bicyclic) bond motifs is 5. The number of hydrogen-bond acceptors (Lipinski definition) is 6. The zero-order valence-electron chi connectivity index (χ0n) is 23.2. The fourth-order valence-electron chi connectivity index (χ4n) is 9.29. The molecule has 2 amide bonds. The number of piperidine rings is 2. The average molecular weight is 529 g/mol. The molecule has 6 aliphatic rings. The molecule has 4 aliphatic heterocycles. The van der Waals surface area contributed by atoms with Crippen molar-refractivity contribution < 1.29 is 19.1 Å². The van der Waals surface area contributed by atoms with Gasteiger partial charge >= 0.3 is 0 Å². The Morgan fingerprint density at radius 3 is 2.76 bits per heavy atom. The van der Waals surface area contributed by atoms with Gasteiger partial charge in [-0.15, -0.1) is 6.58 Å². The van der Waals surface area contributed by atoms with Gasteiger partial charge in [-0.1, -0.05) is 18.4 Å². The lowest BCUT2D eigenvalue weighted by atomic mass is 9.63. The molecule has 6 rings (SSSR count). The maximum absolute atomic E-state index is 14.0. The lowest BCUT2D eigenvalue weighted by Crippen LogP contribution is -2.66. The maximum Gasteiger partial charge on any atom is 0.246 e. The van der Waals surface area contributed by atoms with E-state index >= 15 is 0 Å². The molecular formula is C30H48N4O4. The van der Waals surface area contributed by atoms with Crippen LogP contribution in [0.25, 0.3) is 0 Å². The number of carbonyl (C=O) groups is 2. The number of hydrogen-bond donors (Lipinski definition) is 2. The topological polar surface area (TPSA) is 83.1 Å². The SMILES string of the molecule is C=C(C)CC1C(OCC(=O)NCCN2CCOCC2)CCC2C1C1CCNC3C4CCCCC4C(=O)N2C13. The number of carbonyl (C=O) groups excluding carboxylic acids is 2. The van der Waals surface area contributed by atoms with Gasteiger partial charge in [0.25, 0.3) is 0 Å².